The molecule has 3 heterocycles. The van der Waals surface area contributed by atoms with Crippen LogP contribution in [0.2, 0.25) is 0 Å². The molecule has 0 saturated carbocycles. The van der Waals surface area contributed by atoms with E-state index in [4.69, 9.17) is 5.73 Å². The van der Waals surface area contributed by atoms with E-state index in [0.717, 1.165) is 25.9 Å². The third-order valence-electron chi connectivity index (χ3n) is 4.59. The summed E-state index contributed by atoms with van der Waals surface area (Å²) in [7, 11) is 0. The summed E-state index contributed by atoms with van der Waals surface area (Å²) in [5.74, 6) is 0.491. The number of piperazine rings is 1. The Kier molecular flexibility index (Phi) is 4.76. The van der Waals surface area contributed by atoms with E-state index in [1.165, 1.54) is 0 Å². The predicted molar refractivity (Wildman–Crippen MR) is 87.1 cm³/mol. The fourth-order valence-electron chi connectivity index (χ4n) is 3.30. The first kappa shape index (κ1) is 15.7. The highest BCUT2D eigenvalue weighted by molar-refractivity contribution is 5.97. The highest BCUT2D eigenvalue weighted by atomic mass is 16.2. The van der Waals surface area contributed by atoms with E-state index in [9.17, 15) is 9.59 Å². The number of hydrogen-bond donors (Lipinski definition) is 2. The summed E-state index contributed by atoms with van der Waals surface area (Å²) in [6.45, 7) is 4.44. The molecule has 124 valence electrons. The first-order valence-electron chi connectivity index (χ1n) is 8.16. The largest absolute Gasteiger partial charge is 0.365 e. The predicted octanol–water partition coefficient (Wildman–Crippen LogP) is -0.171. The van der Waals surface area contributed by atoms with Gasteiger partial charge in [0.2, 0.25) is 5.91 Å². The number of amides is 2. The second-order valence-corrected chi connectivity index (χ2v) is 6.09. The SMILES string of the molecule is NC(=O)c1cccnc1N1CCN(C(=O)C2CCCNC2)CC1. The van der Waals surface area contributed by atoms with Gasteiger partial charge in [-0.2, -0.15) is 0 Å². The van der Waals surface area contributed by atoms with E-state index in [1.54, 1.807) is 18.3 Å². The van der Waals surface area contributed by atoms with Crippen molar-refractivity contribution in [3.8, 4) is 0 Å². The normalized spacial score (nSPS) is 22.0. The summed E-state index contributed by atoms with van der Waals surface area (Å²) in [6, 6.07) is 3.40. The van der Waals surface area contributed by atoms with Crippen molar-refractivity contribution in [3.05, 3.63) is 23.9 Å². The molecule has 0 aromatic carbocycles. The van der Waals surface area contributed by atoms with Crippen LogP contribution >= 0.6 is 0 Å². The van der Waals surface area contributed by atoms with Crippen molar-refractivity contribution in [3.63, 3.8) is 0 Å². The number of anilines is 1. The Morgan fingerprint density at radius 1 is 1.26 bits per heavy atom. The summed E-state index contributed by atoms with van der Waals surface area (Å²) in [5.41, 5.74) is 5.85. The van der Waals surface area contributed by atoms with Crippen molar-refractivity contribution in [2.75, 3.05) is 44.2 Å². The van der Waals surface area contributed by atoms with Gasteiger partial charge in [-0.15, -0.1) is 0 Å². The fourth-order valence-corrected chi connectivity index (χ4v) is 3.30. The highest BCUT2D eigenvalue weighted by Gasteiger charge is 2.29. The molecule has 1 aromatic heterocycles. The molecule has 7 heteroatoms. The van der Waals surface area contributed by atoms with Crippen LogP contribution in [0.15, 0.2) is 18.3 Å². The molecule has 1 unspecified atom stereocenters. The Labute approximate surface area is 135 Å². The quantitative estimate of drug-likeness (QED) is 0.807. The zero-order chi connectivity index (χ0) is 16.2. The van der Waals surface area contributed by atoms with Crippen molar-refractivity contribution in [1.82, 2.24) is 15.2 Å². The number of carbonyl (C=O) groups is 2. The van der Waals surface area contributed by atoms with E-state index >= 15 is 0 Å². The van der Waals surface area contributed by atoms with Crippen LogP contribution in [0, 0.1) is 5.92 Å². The molecule has 1 atom stereocenters. The van der Waals surface area contributed by atoms with Gasteiger partial charge >= 0.3 is 0 Å². The number of primary amides is 1. The lowest BCUT2D eigenvalue weighted by Gasteiger charge is -2.38. The van der Waals surface area contributed by atoms with Crippen molar-refractivity contribution >= 4 is 17.6 Å². The van der Waals surface area contributed by atoms with Crippen LogP contribution in [0.25, 0.3) is 0 Å². The molecule has 2 fully saturated rings. The summed E-state index contributed by atoms with van der Waals surface area (Å²) in [6.07, 6.45) is 3.69. The highest BCUT2D eigenvalue weighted by Crippen LogP contribution is 2.20. The minimum atomic E-state index is -0.472. The lowest BCUT2D eigenvalue weighted by molar-refractivity contribution is -0.136. The van der Waals surface area contributed by atoms with Crippen LogP contribution in [0.5, 0.6) is 0 Å². The maximum atomic E-state index is 12.5. The van der Waals surface area contributed by atoms with Crippen LogP contribution < -0.4 is 16.0 Å². The Hall–Kier alpha value is -2.15. The number of nitrogens with one attached hydrogen (secondary N) is 1. The standard InChI is InChI=1S/C16H23N5O2/c17-14(22)13-4-2-6-19-15(13)20-7-9-21(10-8-20)16(23)12-3-1-5-18-11-12/h2,4,6,12,18H,1,3,5,7-11H2,(H2,17,22). The van der Waals surface area contributed by atoms with Crippen molar-refractivity contribution < 1.29 is 9.59 Å². The van der Waals surface area contributed by atoms with Gasteiger partial charge in [0.05, 0.1) is 11.5 Å². The van der Waals surface area contributed by atoms with E-state index in [2.05, 4.69) is 10.3 Å². The molecular formula is C16H23N5O2. The van der Waals surface area contributed by atoms with Gasteiger partial charge in [0.1, 0.15) is 5.82 Å². The molecule has 0 radical (unpaired) electrons. The van der Waals surface area contributed by atoms with Crippen LogP contribution in [-0.4, -0.2) is 61.0 Å². The molecule has 0 bridgehead atoms. The third kappa shape index (κ3) is 3.44. The smallest absolute Gasteiger partial charge is 0.252 e. The van der Waals surface area contributed by atoms with Crippen molar-refractivity contribution in [2.45, 2.75) is 12.8 Å². The summed E-state index contributed by atoms with van der Waals surface area (Å²) >= 11 is 0. The van der Waals surface area contributed by atoms with Gasteiger partial charge in [0, 0.05) is 38.9 Å². The Morgan fingerprint density at radius 3 is 2.70 bits per heavy atom. The van der Waals surface area contributed by atoms with Crippen LogP contribution in [-0.2, 0) is 4.79 Å². The van der Waals surface area contributed by atoms with Gasteiger partial charge in [0.15, 0.2) is 0 Å². The molecule has 3 rings (SSSR count). The number of pyridine rings is 1. The lowest BCUT2D eigenvalue weighted by atomic mass is 9.98. The number of rotatable bonds is 3. The number of aromatic nitrogens is 1. The van der Waals surface area contributed by atoms with Gasteiger partial charge in [-0.25, -0.2) is 4.98 Å². The van der Waals surface area contributed by atoms with Gasteiger partial charge in [-0.1, -0.05) is 0 Å². The minimum Gasteiger partial charge on any atom is -0.365 e. The van der Waals surface area contributed by atoms with Crippen molar-refractivity contribution in [2.24, 2.45) is 11.7 Å². The zero-order valence-corrected chi connectivity index (χ0v) is 13.2. The fraction of sp³-hybridized carbons (Fsp3) is 0.562. The van der Waals surface area contributed by atoms with E-state index in [0.29, 0.717) is 37.6 Å². The second-order valence-electron chi connectivity index (χ2n) is 6.09. The van der Waals surface area contributed by atoms with E-state index < -0.39 is 5.91 Å². The van der Waals surface area contributed by atoms with Crippen LogP contribution in [0.3, 0.4) is 0 Å². The molecule has 2 amide bonds. The lowest BCUT2D eigenvalue weighted by Crippen LogP contribution is -2.52. The first-order valence-corrected chi connectivity index (χ1v) is 8.16. The zero-order valence-electron chi connectivity index (χ0n) is 13.2. The van der Waals surface area contributed by atoms with Crippen LogP contribution in [0.1, 0.15) is 23.2 Å². The molecule has 1 aromatic rings. The Balaban J connectivity index is 1.62. The van der Waals surface area contributed by atoms with Gasteiger partial charge in [-0.05, 0) is 31.5 Å². The van der Waals surface area contributed by atoms with E-state index in [-0.39, 0.29) is 11.8 Å². The number of piperidine rings is 1. The molecule has 0 spiro atoms. The van der Waals surface area contributed by atoms with Gasteiger partial charge < -0.3 is 20.9 Å². The summed E-state index contributed by atoms with van der Waals surface area (Å²) in [4.78, 5) is 32.3. The number of carbonyl (C=O) groups excluding carboxylic acids is 2. The van der Waals surface area contributed by atoms with Crippen molar-refractivity contribution in [1.29, 1.82) is 0 Å². The van der Waals surface area contributed by atoms with E-state index in [1.807, 2.05) is 9.80 Å². The topological polar surface area (TPSA) is 91.6 Å². The maximum Gasteiger partial charge on any atom is 0.252 e. The number of nitrogens with zero attached hydrogens (tertiary/aromatic N) is 3. The number of hydrogen-bond acceptors (Lipinski definition) is 5. The molecule has 0 aliphatic carbocycles. The number of nitrogens with two attached hydrogens (primary N) is 1. The molecule has 2 aliphatic rings. The molecular weight excluding hydrogens is 294 g/mol. The molecule has 3 N–H and O–H groups in total. The molecule has 2 saturated heterocycles. The van der Waals surface area contributed by atoms with Crippen LogP contribution in [0.4, 0.5) is 5.82 Å². The van der Waals surface area contributed by atoms with Gasteiger partial charge in [0.25, 0.3) is 5.91 Å². The monoisotopic (exact) mass is 317 g/mol. The Morgan fingerprint density at radius 2 is 2.04 bits per heavy atom. The molecule has 7 nitrogen and oxygen atoms in total. The molecule has 2 aliphatic heterocycles. The first-order chi connectivity index (χ1) is 11.2. The average molecular weight is 317 g/mol. The Bertz CT molecular complexity index is 578. The molecule has 23 heavy (non-hydrogen) atoms. The van der Waals surface area contributed by atoms with Gasteiger partial charge in [-0.3, -0.25) is 9.59 Å². The summed E-state index contributed by atoms with van der Waals surface area (Å²) in [5, 5.41) is 3.29. The minimum absolute atomic E-state index is 0.103. The maximum absolute atomic E-state index is 12.5. The summed E-state index contributed by atoms with van der Waals surface area (Å²) < 4.78 is 0. The second kappa shape index (κ2) is 6.95. The average Bonchev–Trinajstić information content (AvgIpc) is 2.62. The third-order valence-corrected chi connectivity index (χ3v) is 4.59.